The summed E-state index contributed by atoms with van der Waals surface area (Å²) in [6, 6.07) is 9.67. The van der Waals surface area contributed by atoms with E-state index in [-0.39, 0.29) is 0 Å². The van der Waals surface area contributed by atoms with Gasteiger partial charge < -0.3 is 4.74 Å². The van der Waals surface area contributed by atoms with Crippen LogP contribution in [0.4, 0.5) is 0 Å². The number of hydrogen-bond donors (Lipinski definition) is 0. The SMILES string of the molecule is CCCCC(CC)CC(=O)CCOc1ccccc1. The summed E-state index contributed by atoms with van der Waals surface area (Å²) < 4.78 is 5.55. The summed E-state index contributed by atoms with van der Waals surface area (Å²) in [5, 5.41) is 0. The fourth-order valence-corrected chi connectivity index (χ4v) is 2.17. The summed E-state index contributed by atoms with van der Waals surface area (Å²) in [6.45, 7) is 4.86. The third-order valence-electron chi connectivity index (χ3n) is 3.45. The first-order chi connectivity index (χ1) is 9.26. The molecule has 0 radical (unpaired) electrons. The standard InChI is InChI=1S/C17H26O2/c1-3-5-9-15(4-2)14-16(18)12-13-19-17-10-7-6-8-11-17/h6-8,10-11,15H,3-5,9,12-14H2,1-2H3. The second-order valence-corrected chi connectivity index (χ2v) is 5.07. The van der Waals surface area contributed by atoms with Crippen LogP contribution < -0.4 is 4.74 Å². The lowest BCUT2D eigenvalue weighted by Gasteiger charge is -2.13. The Bertz CT molecular complexity index is 346. The van der Waals surface area contributed by atoms with Gasteiger partial charge in [0.1, 0.15) is 11.5 Å². The van der Waals surface area contributed by atoms with E-state index in [2.05, 4.69) is 13.8 Å². The van der Waals surface area contributed by atoms with Crippen LogP contribution in [0.3, 0.4) is 0 Å². The van der Waals surface area contributed by atoms with E-state index in [0.29, 0.717) is 31.1 Å². The number of unbranched alkanes of at least 4 members (excludes halogenated alkanes) is 1. The lowest BCUT2D eigenvalue weighted by atomic mass is 9.93. The third-order valence-corrected chi connectivity index (χ3v) is 3.45. The molecule has 1 rings (SSSR count). The fraction of sp³-hybridized carbons (Fsp3) is 0.588. The van der Waals surface area contributed by atoms with Crippen LogP contribution in [-0.2, 0) is 4.79 Å². The molecule has 19 heavy (non-hydrogen) atoms. The van der Waals surface area contributed by atoms with E-state index in [0.717, 1.165) is 12.2 Å². The zero-order valence-corrected chi connectivity index (χ0v) is 12.2. The predicted molar refractivity (Wildman–Crippen MR) is 79.5 cm³/mol. The Morgan fingerprint density at radius 2 is 1.95 bits per heavy atom. The minimum atomic E-state index is 0.332. The smallest absolute Gasteiger partial charge is 0.136 e. The molecule has 0 bridgehead atoms. The highest BCUT2D eigenvalue weighted by Gasteiger charge is 2.11. The molecule has 0 spiro atoms. The number of benzene rings is 1. The topological polar surface area (TPSA) is 26.3 Å². The van der Waals surface area contributed by atoms with Gasteiger partial charge >= 0.3 is 0 Å². The highest BCUT2D eigenvalue weighted by Crippen LogP contribution is 2.18. The van der Waals surface area contributed by atoms with Gasteiger partial charge in [-0.1, -0.05) is 57.7 Å². The second kappa shape index (κ2) is 9.60. The van der Waals surface area contributed by atoms with E-state index in [1.807, 2.05) is 30.3 Å². The Morgan fingerprint density at radius 1 is 1.21 bits per heavy atom. The van der Waals surface area contributed by atoms with Gasteiger partial charge in [-0.3, -0.25) is 4.79 Å². The van der Waals surface area contributed by atoms with Gasteiger partial charge in [-0.25, -0.2) is 0 Å². The number of Topliss-reactive ketones (excluding diaryl/α,β-unsaturated/α-hetero) is 1. The van der Waals surface area contributed by atoms with Crippen molar-refractivity contribution in [1.82, 2.24) is 0 Å². The van der Waals surface area contributed by atoms with Crippen LogP contribution in [0.25, 0.3) is 0 Å². The van der Waals surface area contributed by atoms with Crippen molar-refractivity contribution in [3.05, 3.63) is 30.3 Å². The van der Waals surface area contributed by atoms with Gasteiger partial charge in [-0.15, -0.1) is 0 Å². The molecule has 0 N–H and O–H groups in total. The van der Waals surface area contributed by atoms with E-state index < -0.39 is 0 Å². The predicted octanol–water partition coefficient (Wildman–Crippen LogP) is 4.63. The van der Waals surface area contributed by atoms with Gasteiger partial charge in [-0.05, 0) is 18.1 Å². The van der Waals surface area contributed by atoms with Crippen LogP contribution in [0, 0.1) is 5.92 Å². The maximum Gasteiger partial charge on any atom is 0.136 e. The highest BCUT2D eigenvalue weighted by molar-refractivity contribution is 5.78. The molecule has 0 aromatic heterocycles. The summed E-state index contributed by atoms with van der Waals surface area (Å²) in [4.78, 5) is 11.9. The Labute approximate surface area is 117 Å². The maximum atomic E-state index is 11.9. The van der Waals surface area contributed by atoms with Gasteiger partial charge in [0, 0.05) is 12.8 Å². The molecule has 0 aliphatic rings. The van der Waals surface area contributed by atoms with Crippen LogP contribution in [0.2, 0.25) is 0 Å². The van der Waals surface area contributed by atoms with E-state index >= 15 is 0 Å². The average Bonchev–Trinajstić information content (AvgIpc) is 2.44. The van der Waals surface area contributed by atoms with Crippen molar-refractivity contribution >= 4 is 5.78 Å². The Morgan fingerprint density at radius 3 is 2.58 bits per heavy atom. The molecule has 2 heteroatoms. The minimum absolute atomic E-state index is 0.332. The van der Waals surface area contributed by atoms with Crippen molar-refractivity contribution in [3.8, 4) is 5.75 Å². The average molecular weight is 262 g/mol. The molecular formula is C17H26O2. The zero-order chi connectivity index (χ0) is 13.9. The monoisotopic (exact) mass is 262 g/mol. The van der Waals surface area contributed by atoms with Crippen LogP contribution in [0.15, 0.2) is 30.3 Å². The van der Waals surface area contributed by atoms with Crippen molar-refractivity contribution in [2.45, 2.75) is 52.4 Å². The molecule has 0 amide bonds. The fourth-order valence-electron chi connectivity index (χ4n) is 2.17. The molecule has 2 nitrogen and oxygen atoms in total. The lowest BCUT2D eigenvalue weighted by molar-refractivity contribution is -0.120. The largest absolute Gasteiger partial charge is 0.493 e. The number of ketones is 1. The number of para-hydroxylation sites is 1. The normalized spacial score (nSPS) is 12.1. The molecule has 0 aliphatic heterocycles. The Kier molecular flexibility index (Phi) is 7.95. The number of carbonyl (C=O) groups excluding carboxylic acids is 1. The molecule has 1 atom stereocenters. The third kappa shape index (κ3) is 7.00. The van der Waals surface area contributed by atoms with Crippen LogP contribution in [0.1, 0.15) is 52.4 Å². The molecule has 0 fully saturated rings. The molecule has 0 saturated heterocycles. The first-order valence-corrected chi connectivity index (χ1v) is 7.45. The molecule has 106 valence electrons. The van der Waals surface area contributed by atoms with E-state index in [1.54, 1.807) is 0 Å². The van der Waals surface area contributed by atoms with Gasteiger partial charge in [-0.2, -0.15) is 0 Å². The molecule has 0 heterocycles. The van der Waals surface area contributed by atoms with E-state index in [4.69, 9.17) is 4.74 Å². The molecular weight excluding hydrogens is 236 g/mol. The van der Waals surface area contributed by atoms with Crippen molar-refractivity contribution in [3.63, 3.8) is 0 Å². The molecule has 1 aromatic carbocycles. The molecule has 0 saturated carbocycles. The minimum Gasteiger partial charge on any atom is -0.493 e. The van der Waals surface area contributed by atoms with Crippen molar-refractivity contribution in [2.75, 3.05) is 6.61 Å². The van der Waals surface area contributed by atoms with Crippen LogP contribution in [-0.4, -0.2) is 12.4 Å². The summed E-state index contributed by atoms with van der Waals surface area (Å²) >= 11 is 0. The van der Waals surface area contributed by atoms with Crippen LogP contribution >= 0.6 is 0 Å². The number of carbonyl (C=O) groups is 1. The summed E-state index contributed by atoms with van der Waals surface area (Å²) in [7, 11) is 0. The number of hydrogen-bond acceptors (Lipinski definition) is 2. The summed E-state index contributed by atoms with van der Waals surface area (Å²) in [6.07, 6.45) is 5.96. The van der Waals surface area contributed by atoms with Crippen molar-refractivity contribution in [1.29, 1.82) is 0 Å². The van der Waals surface area contributed by atoms with Gasteiger partial charge in [0.25, 0.3) is 0 Å². The number of ether oxygens (including phenoxy) is 1. The van der Waals surface area contributed by atoms with Crippen LogP contribution in [0.5, 0.6) is 5.75 Å². The Balaban J connectivity index is 2.19. The first kappa shape index (κ1) is 15.7. The van der Waals surface area contributed by atoms with E-state index in [1.165, 1.54) is 19.3 Å². The second-order valence-electron chi connectivity index (χ2n) is 5.07. The quantitative estimate of drug-likeness (QED) is 0.614. The summed E-state index contributed by atoms with van der Waals surface area (Å²) in [5.41, 5.74) is 0. The van der Waals surface area contributed by atoms with Crippen molar-refractivity contribution in [2.24, 2.45) is 5.92 Å². The zero-order valence-electron chi connectivity index (χ0n) is 12.2. The Hall–Kier alpha value is -1.31. The number of rotatable bonds is 10. The lowest BCUT2D eigenvalue weighted by Crippen LogP contribution is -2.11. The maximum absolute atomic E-state index is 11.9. The van der Waals surface area contributed by atoms with Gasteiger partial charge in [0.15, 0.2) is 0 Å². The molecule has 0 aliphatic carbocycles. The molecule has 1 unspecified atom stereocenters. The van der Waals surface area contributed by atoms with Crippen molar-refractivity contribution < 1.29 is 9.53 Å². The van der Waals surface area contributed by atoms with Gasteiger partial charge in [0.2, 0.25) is 0 Å². The van der Waals surface area contributed by atoms with Gasteiger partial charge in [0.05, 0.1) is 6.61 Å². The molecule has 1 aromatic rings. The highest BCUT2D eigenvalue weighted by atomic mass is 16.5. The first-order valence-electron chi connectivity index (χ1n) is 7.45. The van der Waals surface area contributed by atoms with E-state index in [9.17, 15) is 4.79 Å². The summed E-state index contributed by atoms with van der Waals surface area (Å²) in [5.74, 6) is 1.73.